The number of nitrogens with zero attached hydrogens (tertiary/aromatic N) is 2. The van der Waals surface area contributed by atoms with Gasteiger partial charge in [-0.1, -0.05) is 44.3 Å². The van der Waals surface area contributed by atoms with Gasteiger partial charge in [0.2, 0.25) is 0 Å². The van der Waals surface area contributed by atoms with Crippen LogP contribution in [-0.4, -0.2) is 21.3 Å². The van der Waals surface area contributed by atoms with E-state index in [1.165, 1.54) is 11.5 Å². The Morgan fingerprint density at radius 3 is 2.48 bits per heavy atom. The molecule has 1 unspecified atom stereocenters. The fourth-order valence-corrected chi connectivity index (χ4v) is 2.89. The van der Waals surface area contributed by atoms with Crippen LogP contribution >= 0.6 is 11.5 Å². The molecule has 21 heavy (non-hydrogen) atoms. The van der Waals surface area contributed by atoms with Gasteiger partial charge in [-0.15, -0.1) is 5.10 Å². The lowest BCUT2D eigenvalue weighted by Crippen LogP contribution is -2.16. The highest BCUT2D eigenvalue weighted by molar-refractivity contribution is 7.05. The number of rotatable bonds is 5. The van der Waals surface area contributed by atoms with Gasteiger partial charge in [0.25, 0.3) is 0 Å². The highest BCUT2D eigenvalue weighted by Crippen LogP contribution is 2.33. The van der Waals surface area contributed by atoms with Gasteiger partial charge < -0.3 is 9.84 Å². The number of hydrogen-bond acceptors (Lipinski definition) is 5. The van der Waals surface area contributed by atoms with E-state index in [4.69, 9.17) is 4.74 Å². The molecule has 1 heterocycles. The Kier molecular flexibility index (Phi) is 4.96. The molecule has 0 aliphatic heterocycles. The van der Waals surface area contributed by atoms with Crippen molar-refractivity contribution in [2.75, 3.05) is 6.61 Å². The summed E-state index contributed by atoms with van der Waals surface area (Å²) in [4.78, 5) is 0.810. The Labute approximate surface area is 130 Å². The van der Waals surface area contributed by atoms with E-state index in [9.17, 15) is 5.11 Å². The Morgan fingerprint density at radius 2 is 1.90 bits per heavy atom. The molecule has 0 fully saturated rings. The summed E-state index contributed by atoms with van der Waals surface area (Å²) in [6, 6.07) is 7.56. The van der Waals surface area contributed by atoms with Crippen molar-refractivity contribution in [3.8, 4) is 5.75 Å². The SMILES string of the molecule is CCCOc1ccc(C(O)c2snnc2C(C)(C)C)cc1. The van der Waals surface area contributed by atoms with Gasteiger partial charge in [0.1, 0.15) is 11.9 Å². The van der Waals surface area contributed by atoms with Crippen LogP contribution in [0.3, 0.4) is 0 Å². The predicted molar refractivity (Wildman–Crippen MR) is 84.9 cm³/mol. The van der Waals surface area contributed by atoms with Crippen molar-refractivity contribution >= 4 is 11.5 Å². The third kappa shape index (κ3) is 3.80. The fraction of sp³-hybridized carbons (Fsp3) is 0.500. The first-order chi connectivity index (χ1) is 9.93. The zero-order valence-corrected chi connectivity index (χ0v) is 13.8. The highest BCUT2D eigenvalue weighted by Gasteiger charge is 2.27. The molecule has 0 amide bonds. The second-order valence-corrected chi connectivity index (χ2v) is 6.84. The first-order valence-corrected chi connectivity index (χ1v) is 7.94. The predicted octanol–water partition coefficient (Wildman–Crippen LogP) is 3.71. The van der Waals surface area contributed by atoms with E-state index >= 15 is 0 Å². The molecule has 1 atom stereocenters. The summed E-state index contributed by atoms with van der Waals surface area (Å²) in [6.07, 6.45) is 0.283. The maximum atomic E-state index is 10.6. The summed E-state index contributed by atoms with van der Waals surface area (Å²) < 4.78 is 9.56. The van der Waals surface area contributed by atoms with Gasteiger partial charge in [0.15, 0.2) is 0 Å². The summed E-state index contributed by atoms with van der Waals surface area (Å²) in [6.45, 7) is 8.99. The largest absolute Gasteiger partial charge is 0.494 e. The number of ether oxygens (including phenoxy) is 1. The Morgan fingerprint density at radius 1 is 1.24 bits per heavy atom. The number of aromatic nitrogens is 2. The number of benzene rings is 1. The van der Waals surface area contributed by atoms with Gasteiger partial charge in [-0.05, 0) is 35.6 Å². The molecule has 5 heteroatoms. The second-order valence-electron chi connectivity index (χ2n) is 6.06. The quantitative estimate of drug-likeness (QED) is 0.915. The minimum absolute atomic E-state index is 0.131. The number of aliphatic hydroxyl groups excluding tert-OH is 1. The van der Waals surface area contributed by atoms with Crippen molar-refractivity contribution in [2.24, 2.45) is 0 Å². The normalized spacial score (nSPS) is 13.2. The first kappa shape index (κ1) is 15.9. The summed E-state index contributed by atoms with van der Waals surface area (Å²) in [7, 11) is 0. The molecule has 0 radical (unpaired) electrons. The van der Waals surface area contributed by atoms with E-state index in [-0.39, 0.29) is 5.41 Å². The van der Waals surface area contributed by atoms with Crippen LogP contribution in [0.1, 0.15) is 56.4 Å². The zero-order chi connectivity index (χ0) is 15.5. The molecule has 0 saturated carbocycles. The van der Waals surface area contributed by atoms with E-state index in [0.29, 0.717) is 6.61 Å². The van der Waals surface area contributed by atoms with Crippen LogP contribution in [0.25, 0.3) is 0 Å². The van der Waals surface area contributed by atoms with Crippen molar-refractivity contribution in [3.63, 3.8) is 0 Å². The van der Waals surface area contributed by atoms with Crippen molar-refractivity contribution in [1.82, 2.24) is 9.59 Å². The summed E-state index contributed by atoms with van der Waals surface area (Å²) in [5, 5.41) is 14.8. The second kappa shape index (κ2) is 6.54. The molecule has 1 aromatic heterocycles. The van der Waals surface area contributed by atoms with Gasteiger partial charge in [-0.25, -0.2) is 0 Å². The molecule has 2 rings (SSSR count). The van der Waals surface area contributed by atoms with E-state index in [0.717, 1.165) is 28.3 Å². The van der Waals surface area contributed by atoms with Crippen LogP contribution in [0.15, 0.2) is 24.3 Å². The minimum Gasteiger partial charge on any atom is -0.494 e. The van der Waals surface area contributed by atoms with E-state index in [2.05, 4.69) is 37.3 Å². The van der Waals surface area contributed by atoms with Gasteiger partial charge in [-0.3, -0.25) is 0 Å². The van der Waals surface area contributed by atoms with E-state index in [1.54, 1.807) is 0 Å². The molecular weight excluding hydrogens is 284 g/mol. The van der Waals surface area contributed by atoms with Crippen molar-refractivity contribution < 1.29 is 9.84 Å². The average molecular weight is 306 g/mol. The molecular formula is C16H22N2O2S. The van der Waals surface area contributed by atoms with E-state index < -0.39 is 6.10 Å². The third-order valence-electron chi connectivity index (χ3n) is 3.14. The third-order valence-corrected chi connectivity index (χ3v) is 3.92. The van der Waals surface area contributed by atoms with Gasteiger partial charge in [0, 0.05) is 5.41 Å². The van der Waals surface area contributed by atoms with Crippen LogP contribution in [0.5, 0.6) is 5.75 Å². The van der Waals surface area contributed by atoms with Gasteiger partial charge >= 0.3 is 0 Å². The van der Waals surface area contributed by atoms with Gasteiger partial charge in [-0.2, -0.15) is 0 Å². The monoisotopic (exact) mass is 306 g/mol. The fourth-order valence-electron chi connectivity index (χ4n) is 2.01. The van der Waals surface area contributed by atoms with Gasteiger partial charge in [0.05, 0.1) is 17.2 Å². The van der Waals surface area contributed by atoms with Crippen molar-refractivity contribution in [3.05, 3.63) is 40.4 Å². The van der Waals surface area contributed by atoms with Crippen LogP contribution in [0.2, 0.25) is 0 Å². The number of aliphatic hydroxyl groups is 1. The smallest absolute Gasteiger partial charge is 0.119 e. The van der Waals surface area contributed by atoms with Crippen molar-refractivity contribution in [1.29, 1.82) is 0 Å². The number of hydrogen-bond donors (Lipinski definition) is 1. The lowest BCUT2D eigenvalue weighted by molar-refractivity contribution is 0.221. The molecule has 0 bridgehead atoms. The molecule has 1 aromatic carbocycles. The summed E-state index contributed by atoms with van der Waals surface area (Å²) >= 11 is 1.26. The maximum Gasteiger partial charge on any atom is 0.119 e. The molecule has 0 aliphatic rings. The molecule has 0 aliphatic carbocycles. The summed E-state index contributed by atoms with van der Waals surface area (Å²) in [5.74, 6) is 0.825. The van der Waals surface area contributed by atoms with Crippen molar-refractivity contribution in [2.45, 2.75) is 45.6 Å². The van der Waals surface area contributed by atoms with Crippen LogP contribution in [-0.2, 0) is 5.41 Å². The van der Waals surface area contributed by atoms with Crippen LogP contribution in [0, 0.1) is 0 Å². The molecule has 0 saturated heterocycles. The minimum atomic E-state index is -0.695. The van der Waals surface area contributed by atoms with Crippen LogP contribution in [0.4, 0.5) is 0 Å². The topological polar surface area (TPSA) is 55.2 Å². The summed E-state index contributed by atoms with van der Waals surface area (Å²) in [5.41, 5.74) is 1.55. The van der Waals surface area contributed by atoms with Crippen LogP contribution < -0.4 is 4.74 Å². The lowest BCUT2D eigenvalue weighted by atomic mass is 9.89. The first-order valence-electron chi connectivity index (χ1n) is 7.17. The molecule has 114 valence electrons. The molecule has 4 nitrogen and oxygen atoms in total. The Balaban J connectivity index is 2.20. The maximum absolute atomic E-state index is 10.6. The van der Waals surface area contributed by atoms with E-state index in [1.807, 2.05) is 24.3 Å². The molecule has 2 aromatic rings. The molecule has 0 spiro atoms. The molecule has 1 N–H and O–H groups in total. The standard InChI is InChI=1S/C16H22N2O2S/c1-5-10-20-12-8-6-11(7-9-12)13(19)14-15(16(2,3)4)17-18-21-14/h6-9,13,19H,5,10H2,1-4H3. The highest BCUT2D eigenvalue weighted by atomic mass is 32.1. The zero-order valence-electron chi connectivity index (χ0n) is 13.0. The Hall–Kier alpha value is -1.46. The average Bonchev–Trinajstić information content (AvgIpc) is 2.94. The Bertz CT molecular complexity index is 573. The lowest BCUT2D eigenvalue weighted by Gasteiger charge is -2.19.